The second-order valence-corrected chi connectivity index (χ2v) is 5.63. The molecule has 2 rings (SSSR count). The molecule has 1 aliphatic carbocycles. The van der Waals surface area contributed by atoms with Crippen molar-refractivity contribution in [2.75, 3.05) is 0 Å². The maximum Gasteiger partial charge on any atom is 0.0950 e. The number of imidazole rings is 1. The van der Waals surface area contributed by atoms with E-state index in [2.05, 4.69) is 34.9 Å². The predicted octanol–water partition coefficient (Wildman–Crippen LogP) is 3.35. The Balaban J connectivity index is 1.76. The van der Waals surface area contributed by atoms with Gasteiger partial charge in [0.25, 0.3) is 0 Å². The molecule has 1 saturated carbocycles. The maximum absolute atomic E-state index is 4.48. The van der Waals surface area contributed by atoms with Gasteiger partial charge in [0.1, 0.15) is 0 Å². The van der Waals surface area contributed by atoms with Gasteiger partial charge in [0, 0.05) is 25.3 Å². The Morgan fingerprint density at radius 2 is 2.28 bits per heavy atom. The first-order chi connectivity index (χ1) is 8.81. The van der Waals surface area contributed by atoms with Crippen molar-refractivity contribution in [1.82, 2.24) is 14.9 Å². The van der Waals surface area contributed by atoms with E-state index >= 15 is 0 Å². The van der Waals surface area contributed by atoms with E-state index in [-0.39, 0.29) is 0 Å². The van der Waals surface area contributed by atoms with E-state index in [0.29, 0.717) is 0 Å². The van der Waals surface area contributed by atoms with Gasteiger partial charge in [0.15, 0.2) is 0 Å². The van der Waals surface area contributed by atoms with Crippen molar-refractivity contribution in [2.45, 2.75) is 71.5 Å². The molecule has 0 aliphatic heterocycles. The highest BCUT2D eigenvalue weighted by Gasteiger charge is 2.20. The summed E-state index contributed by atoms with van der Waals surface area (Å²) in [5.74, 6) is 0.809. The second kappa shape index (κ2) is 6.93. The van der Waals surface area contributed by atoms with Crippen molar-refractivity contribution in [2.24, 2.45) is 5.92 Å². The lowest BCUT2D eigenvalue weighted by atomic mass is 9.99. The predicted molar refractivity (Wildman–Crippen MR) is 75.4 cm³/mol. The van der Waals surface area contributed by atoms with Crippen LogP contribution in [0.15, 0.2) is 12.5 Å². The molecule has 0 aromatic carbocycles. The summed E-state index contributed by atoms with van der Waals surface area (Å²) in [7, 11) is 0. The van der Waals surface area contributed by atoms with E-state index in [1.807, 2.05) is 6.33 Å². The fourth-order valence-corrected chi connectivity index (χ4v) is 2.35. The summed E-state index contributed by atoms with van der Waals surface area (Å²) < 4.78 is 2.27. The third-order valence-corrected chi connectivity index (χ3v) is 3.85. The first-order valence-electron chi connectivity index (χ1n) is 7.55. The van der Waals surface area contributed by atoms with Crippen molar-refractivity contribution < 1.29 is 0 Å². The van der Waals surface area contributed by atoms with Crippen LogP contribution in [-0.2, 0) is 13.1 Å². The van der Waals surface area contributed by atoms with Gasteiger partial charge in [0.2, 0.25) is 0 Å². The van der Waals surface area contributed by atoms with Crippen LogP contribution >= 0.6 is 0 Å². The van der Waals surface area contributed by atoms with Gasteiger partial charge in [0.05, 0.1) is 12.0 Å². The molecule has 1 aromatic heterocycles. The van der Waals surface area contributed by atoms with Crippen LogP contribution in [0, 0.1) is 5.92 Å². The monoisotopic (exact) mass is 249 g/mol. The largest absolute Gasteiger partial charge is 0.337 e. The highest BCUT2D eigenvalue weighted by molar-refractivity contribution is 4.98. The van der Waals surface area contributed by atoms with Crippen LogP contribution in [0.4, 0.5) is 0 Å². The Labute approximate surface area is 111 Å². The Kier molecular flexibility index (Phi) is 5.24. The van der Waals surface area contributed by atoms with Crippen molar-refractivity contribution in [3.05, 3.63) is 18.2 Å². The van der Waals surface area contributed by atoms with Gasteiger partial charge in [-0.15, -0.1) is 0 Å². The minimum Gasteiger partial charge on any atom is -0.337 e. The molecule has 3 nitrogen and oxygen atoms in total. The fourth-order valence-electron chi connectivity index (χ4n) is 2.35. The lowest BCUT2D eigenvalue weighted by Gasteiger charge is -2.14. The smallest absolute Gasteiger partial charge is 0.0950 e. The number of aromatic nitrogens is 2. The average Bonchev–Trinajstić information content (AvgIpc) is 3.12. The van der Waals surface area contributed by atoms with E-state index in [4.69, 9.17) is 0 Å². The number of rotatable bonds is 9. The topological polar surface area (TPSA) is 29.9 Å². The molecule has 0 radical (unpaired) electrons. The summed E-state index contributed by atoms with van der Waals surface area (Å²) >= 11 is 0. The molecule has 1 heterocycles. The highest BCUT2D eigenvalue weighted by Crippen LogP contribution is 2.19. The number of hydrogen-bond donors (Lipinski definition) is 1. The molecule has 1 atom stereocenters. The van der Waals surface area contributed by atoms with Crippen LogP contribution in [0.3, 0.4) is 0 Å². The van der Waals surface area contributed by atoms with E-state index in [1.54, 1.807) is 0 Å². The van der Waals surface area contributed by atoms with Gasteiger partial charge in [-0.1, -0.05) is 33.1 Å². The normalized spacial score (nSPS) is 17.0. The molecule has 0 saturated heterocycles. The van der Waals surface area contributed by atoms with Crippen LogP contribution in [0.2, 0.25) is 0 Å². The molecule has 0 bridgehead atoms. The summed E-state index contributed by atoms with van der Waals surface area (Å²) in [6.07, 6.45) is 12.2. The molecule has 0 spiro atoms. The van der Waals surface area contributed by atoms with Crippen LogP contribution < -0.4 is 5.32 Å². The quantitative estimate of drug-likeness (QED) is 0.727. The van der Waals surface area contributed by atoms with Gasteiger partial charge in [-0.05, 0) is 25.2 Å². The zero-order valence-electron chi connectivity index (χ0n) is 11.9. The fraction of sp³-hybridized carbons (Fsp3) is 0.800. The van der Waals surface area contributed by atoms with Crippen LogP contribution in [0.1, 0.15) is 58.1 Å². The van der Waals surface area contributed by atoms with Crippen LogP contribution in [-0.4, -0.2) is 15.6 Å². The zero-order valence-corrected chi connectivity index (χ0v) is 11.9. The van der Waals surface area contributed by atoms with Crippen molar-refractivity contribution in [3.8, 4) is 0 Å². The summed E-state index contributed by atoms with van der Waals surface area (Å²) in [6, 6.07) is 0.767. The molecule has 1 N–H and O–H groups in total. The molecule has 1 fully saturated rings. The van der Waals surface area contributed by atoms with Crippen LogP contribution in [0.5, 0.6) is 0 Å². The van der Waals surface area contributed by atoms with Gasteiger partial charge in [-0.2, -0.15) is 0 Å². The second-order valence-electron chi connectivity index (χ2n) is 5.63. The summed E-state index contributed by atoms with van der Waals surface area (Å²) in [6.45, 7) is 6.63. The maximum atomic E-state index is 4.48. The molecule has 102 valence electrons. The molecule has 0 amide bonds. The molecule has 1 aromatic rings. The number of hydrogen-bond acceptors (Lipinski definition) is 2. The van der Waals surface area contributed by atoms with Gasteiger partial charge in [-0.3, -0.25) is 0 Å². The average molecular weight is 249 g/mol. The zero-order chi connectivity index (χ0) is 12.8. The highest BCUT2D eigenvalue weighted by atomic mass is 15.1. The standard InChI is InChI=1S/C15H27N3/c1-3-5-6-13(4-2)10-18-11-15(17-12-18)9-16-14-7-8-14/h11-14,16H,3-10H2,1-2H3. The first kappa shape index (κ1) is 13.6. The molecule has 18 heavy (non-hydrogen) atoms. The van der Waals surface area contributed by atoms with Crippen molar-refractivity contribution in [3.63, 3.8) is 0 Å². The molecular formula is C15H27N3. The Morgan fingerprint density at radius 3 is 2.94 bits per heavy atom. The minimum atomic E-state index is 0.767. The lowest BCUT2D eigenvalue weighted by Crippen LogP contribution is -2.15. The third-order valence-electron chi connectivity index (χ3n) is 3.85. The summed E-state index contributed by atoms with van der Waals surface area (Å²) in [5.41, 5.74) is 1.19. The first-order valence-corrected chi connectivity index (χ1v) is 7.55. The molecule has 1 unspecified atom stereocenters. The van der Waals surface area contributed by atoms with Crippen molar-refractivity contribution in [1.29, 1.82) is 0 Å². The van der Waals surface area contributed by atoms with E-state index in [9.17, 15) is 0 Å². The van der Waals surface area contributed by atoms with Crippen molar-refractivity contribution >= 4 is 0 Å². The van der Waals surface area contributed by atoms with Crippen LogP contribution in [0.25, 0.3) is 0 Å². The summed E-state index contributed by atoms with van der Waals surface area (Å²) in [4.78, 5) is 4.48. The van der Waals surface area contributed by atoms with E-state index < -0.39 is 0 Å². The third kappa shape index (κ3) is 4.45. The van der Waals surface area contributed by atoms with E-state index in [1.165, 1.54) is 44.2 Å². The molecule has 3 heteroatoms. The SMILES string of the molecule is CCCCC(CC)Cn1cnc(CNC2CC2)c1. The number of nitrogens with one attached hydrogen (secondary N) is 1. The minimum absolute atomic E-state index is 0.767. The van der Waals surface area contributed by atoms with Gasteiger partial charge in [-0.25, -0.2) is 4.98 Å². The van der Waals surface area contributed by atoms with Gasteiger partial charge >= 0.3 is 0 Å². The lowest BCUT2D eigenvalue weighted by molar-refractivity contribution is 0.390. The molecular weight excluding hydrogens is 222 g/mol. The summed E-state index contributed by atoms with van der Waals surface area (Å²) in [5, 5.41) is 3.51. The Bertz CT molecular complexity index is 341. The number of unbranched alkanes of at least 4 members (excludes halogenated alkanes) is 1. The van der Waals surface area contributed by atoms with E-state index in [0.717, 1.165) is 25.0 Å². The Morgan fingerprint density at radius 1 is 1.44 bits per heavy atom. The molecule has 1 aliphatic rings. The number of nitrogens with zero attached hydrogens (tertiary/aromatic N) is 2. The van der Waals surface area contributed by atoms with Gasteiger partial charge < -0.3 is 9.88 Å². The Hall–Kier alpha value is -0.830.